The van der Waals surface area contributed by atoms with Gasteiger partial charge in [0.05, 0.1) is 0 Å². The number of halogens is 2. The second kappa shape index (κ2) is 7.13. The van der Waals surface area contributed by atoms with Crippen molar-refractivity contribution >= 4 is 21.6 Å². The van der Waals surface area contributed by atoms with Crippen LogP contribution in [0.15, 0.2) is 41.3 Å². The Morgan fingerprint density at radius 3 is 2.46 bits per heavy atom. The Labute approximate surface area is 150 Å². The van der Waals surface area contributed by atoms with Crippen molar-refractivity contribution in [3.8, 4) is 0 Å². The van der Waals surface area contributed by atoms with Crippen molar-refractivity contribution in [2.75, 3.05) is 18.4 Å². The van der Waals surface area contributed by atoms with Crippen LogP contribution in [-0.4, -0.2) is 31.7 Å². The first-order valence-corrected chi connectivity index (χ1v) is 9.60. The highest BCUT2D eigenvalue weighted by Gasteiger charge is 2.30. The van der Waals surface area contributed by atoms with Gasteiger partial charge in [0.1, 0.15) is 16.5 Å². The average Bonchev–Trinajstić information content (AvgIpc) is 3.13. The highest BCUT2D eigenvalue weighted by Crippen LogP contribution is 2.25. The number of rotatable bonds is 4. The van der Waals surface area contributed by atoms with Crippen molar-refractivity contribution in [2.45, 2.75) is 24.7 Å². The molecule has 1 heterocycles. The van der Waals surface area contributed by atoms with Gasteiger partial charge in [-0.1, -0.05) is 6.07 Å². The topological polar surface area (TPSA) is 66.5 Å². The van der Waals surface area contributed by atoms with Gasteiger partial charge in [0.2, 0.25) is 10.0 Å². The van der Waals surface area contributed by atoms with E-state index in [1.807, 2.05) is 0 Å². The Morgan fingerprint density at radius 1 is 1.08 bits per heavy atom. The first-order valence-electron chi connectivity index (χ1n) is 8.16. The highest BCUT2D eigenvalue weighted by molar-refractivity contribution is 7.89. The Kier molecular flexibility index (Phi) is 5.06. The van der Waals surface area contributed by atoms with Crippen LogP contribution in [0.2, 0.25) is 0 Å². The van der Waals surface area contributed by atoms with Gasteiger partial charge in [0.25, 0.3) is 5.91 Å². The zero-order chi connectivity index (χ0) is 18.9. The number of carbonyl (C=O) groups is 1. The summed E-state index contributed by atoms with van der Waals surface area (Å²) in [6, 6.07) is 7.12. The summed E-state index contributed by atoms with van der Waals surface area (Å²) in [6.45, 7) is 2.37. The van der Waals surface area contributed by atoms with Gasteiger partial charge in [-0.2, -0.15) is 4.31 Å². The van der Waals surface area contributed by atoms with E-state index in [0.29, 0.717) is 18.7 Å². The smallest absolute Gasteiger partial charge is 0.255 e. The molecular weight excluding hydrogens is 362 g/mol. The van der Waals surface area contributed by atoms with E-state index in [1.165, 1.54) is 28.6 Å². The summed E-state index contributed by atoms with van der Waals surface area (Å²) >= 11 is 0. The van der Waals surface area contributed by atoms with Crippen molar-refractivity contribution in [1.82, 2.24) is 4.31 Å². The third-order valence-electron chi connectivity index (χ3n) is 4.32. The molecule has 1 N–H and O–H groups in total. The van der Waals surface area contributed by atoms with Crippen molar-refractivity contribution in [3.63, 3.8) is 0 Å². The van der Waals surface area contributed by atoms with Crippen molar-refractivity contribution in [3.05, 3.63) is 59.2 Å². The van der Waals surface area contributed by atoms with Crippen LogP contribution in [0.1, 0.15) is 28.8 Å². The van der Waals surface area contributed by atoms with E-state index in [0.717, 1.165) is 25.0 Å². The molecular formula is C18H18F2N2O3S. The zero-order valence-corrected chi connectivity index (χ0v) is 14.9. The summed E-state index contributed by atoms with van der Waals surface area (Å²) in [5, 5.41) is 2.53. The van der Waals surface area contributed by atoms with Crippen LogP contribution in [0, 0.1) is 18.6 Å². The minimum Gasteiger partial charge on any atom is -0.322 e. The second-order valence-electron chi connectivity index (χ2n) is 6.17. The number of nitrogens with one attached hydrogen (secondary N) is 1. The Balaban J connectivity index is 1.92. The van der Waals surface area contributed by atoms with Crippen LogP contribution >= 0.6 is 0 Å². The molecule has 0 spiro atoms. The molecule has 26 heavy (non-hydrogen) atoms. The minimum atomic E-state index is -3.99. The fourth-order valence-electron chi connectivity index (χ4n) is 2.83. The van der Waals surface area contributed by atoms with E-state index in [4.69, 9.17) is 0 Å². The summed E-state index contributed by atoms with van der Waals surface area (Å²) in [6.07, 6.45) is 1.44. The number of anilines is 1. The molecule has 0 unspecified atom stereocenters. The lowest BCUT2D eigenvalue weighted by atomic mass is 10.1. The van der Waals surface area contributed by atoms with Gasteiger partial charge >= 0.3 is 0 Å². The Morgan fingerprint density at radius 2 is 1.77 bits per heavy atom. The maximum atomic E-state index is 14.1. The lowest BCUT2D eigenvalue weighted by Crippen LogP contribution is -2.29. The number of amides is 1. The number of benzene rings is 2. The molecule has 2 aromatic rings. The molecule has 0 saturated carbocycles. The highest BCUT2D eigenvalue weighted by atomic mass is 32.2. The van der Waals surface area contributed by atoms with E-state index in [9.17, 15) is 22.0 Å². The van der Waals surface area contributed by atoms with Crippen molar-refractivity contribution < 1.29 is 22.0 Å². The van der Waals surface area contributed by atoms with E-state index in [2.05, 4.69) is 5.32 Å². The molecule has 0 radical (unpaired) electrons. The van der Waals surface area contributed by atoms with Crippen molar-refractivity contribution in [1.29, 1.82) is 0 Å². The minimum absolute atomic E-state index is 0.0205. The largest absolute Gasteiger partial charge is 0.322 e. The number of nitrogens with zero attached hydrogens (tertiary/aromatic N) is 1. The molecule has 1 aliphatic heterocycles. The van der Waals surface area contributed by atoms with Gasteiger partial charge in [-0.25, -0.2) is 17.2 Å². The molecule has 5 nitrogen and oxygen atoms in total. The standard InChI is InChI=1S/C18H18F2N2O3S/c1-12-4-6-14(19)11-16(12)21-18(23)13-5-7-15(20)17(10-13)26(24,25)22-8-2-3-9-22/h4-7,10-11H,2-3,8-9H2,1H3,(H,21,23). The molecule has 0 atom stereocenters. The fraction of sp³-hybridized carbons (Fsp3) is 0.278. The van der Waals surface area contributed by atoms with Gasteiger partial charge in [-0.05, 0) is 55.7 Å². The summed E-state index contributed by atoms with van der Waals surface area (Å²) in [5.41, 5.74) is 0.892. The predicted octanol–water partition coefficient (Wildman–Crippen LogP) is 3.31. The number of hydrogen-bond donors (Lipinski definition) is 1. The second-order valence-corrected chi connectivity index (χ2v) is 8.08. The van der Waals surface area contributed by atoms with Gasteiger partial charge in [-0.3, -0.25) is 4.79 Å². The quantitative estimate of drug-likeness (QED) is 0.885. The first-order chi connectivity index (χ1) is 12.3. The third kappa shape index (κ3) is 3.61. The molecule has 1 aliphatic rings. The van der Waals surface area contributed by atoms with E-state index < -0.39 is 32.5 Å². The van der Waals surface area contributed by atoms with Crippen LogP contribution in [0.5, 0.6) is 0 Å². The van der Waals surface area contributed by atoms with Gasteiger partial charge in [0.15, 0.2) is 0 Å². The molecule has 1 saturated heterocycles. The molecule has 3 rings (SSSR count). The molecule has 138 valence electrons. The van der Waals surface area contributed by atoms with Gasteiger partial charge in [-0.15, -0.1) is 0 Å². The number of aryl methyl sites for hydroxylation is 1. The van der Waals surface area contributed by atoms with E-state index >= 15 is 0 Å². The SMILES string of the molecule is Cc1ccc(F)cc1NC(=O)c1ccc(F)c(S(=O)(=O)N2CCCC2)c1. The summed E-state index contributed by atoms with van der Waals surface area (Å²) in [4.78, 5) is 11.9. The predicted molar refractivity (Wildman–Crippen MR) is 93.5 cm³/mol. The number of sulfonamides is 1. The maximum Gasteiger partial charge on any atom is 0.255 e. The maximum absolute atomic E-state index is 14.1. The normalized spacial score (nSPS) is 15.2. The molecule has 8 heteroatoms. The van der Waals surface area contributed by atoms with Gasteiger partial charge in [0, 0.05) is 24.3 Å². The lowest BCUT2D eigenvalue weighted by Gasteiger charge is -2.16. The summed E-state index contributed by atoms with van der Waals surface area (Å²) < 4.78 is 53.9. The zero-order valence-electron chi connectivity index (χ0n) is 14.1. The lowest BCUT2D eigenvalue weighted by molar-refractivity contribution is 0.102. The van der Waals surface area contributed by atoms with Crippen LogP contribution < -0.4 is 5.32 Å². The van der Waals surface area contributed by atoms with E-state index in [-0.39, 0.29) is 11.3 Å². The summed E-state index contributed by atoms with van der Waals surface area (Å²) in [5.74, 6) is -2.06. The van der Waals surface area contributed by atoms with Gasteiger partial charge < -0.3 is 5.32 Å². The average molecular weight is 380 g/mol. The van der Waals surface area contributed by atoms with Crippen LogP contribution in [0.25, 0.3) is 0 Å². The molecule has 0 aliphatic carbocycles. The Hall–Kier alpha value is -2.32. The molecule has 1 fully saturated rings. The van der Waals surface area contributed by atoms with Crippen molar-refractivity contribution in [2.24, 2.45) is 0 Å². The molecule has 0 aromatic heterocycles. The van der Waals surface area contributed by atoms with Crippen LogP contribution in [-0.2, 0) is 10.0 Å². The number of hydrogen-bond acceptors (Lipinski definition) is 3. The summed E-state index contributed by atoms with van der Waals surface area (Å²) in [7, 11) is -3.99. The fourth-order valence-corrected chi connectivity index (χ4v) is 4.44. The number of carbonyl (C=O) groups excluding carboxylic acids is 1. The first kappa shape index (κ1) is 18.5. The van der Waals surface area contributed by atoms with E-state index in [1.54, 1.807) is 6.92 Å². The monoisotopic (exact) mass is 380 g/mol. The van der Waals surface area contributed by atoms with Crippen LogP contribution in [0.4, 0.5) is 14.5 Å². The third-order valence-corrected chi connectivity index (χ3v) is 6.24. The van der Waals surface area contributed by atoms with Crippen LogP contribution in [0.3, 0.4) is 0 Å². The molecule has 0 bridgehead atoms. The molecule has 1 amide bonds. The Bertz CT molecular complexity index is 955. The molecule has 2 aromatic carbocycles.